The Morgan fingerprint density at radius 3 is 2.73 bits per heavy atom. The molecule has 1 fully saturated rings. The smallest absolute Gasteiger partial charge is 0.328 e. The minimum atomic E-state index is -3.52. The Bertz CT molecular complexity index is 243. The second-order valence-electron chi connectivity index (χ2n) is 4.27. The Kier molecular flexibility index (Phi) is 4.74. The van der Waals surface area contributed by atoms with Crippen molar-refractivity contribution in [3.63, 3.8) is 0 Å². The van der Waals surface area contributed by atoms with Crippen LogP contribution in [0.1, 0.15) is 20.3 Å². The van der Waals surface area contributed by atoms with Gasteiger partial charge in [0, 0.05) is 6.61 Å². The molecule has 0 aromatic carbocycles. The third-order valence-corrected chi connectivity index (χ3v) is 3.96. The molecule has 0 radical (unpaired) electrons. The number of hydrogen-bond donors (Lipinski definition) is 2. The molecule has 3 atom stereocenters. The molecule has 2 N–H and O–H groups in total. The normalized spacial score (nSPS) is 30.7. The molecule has 0 aliphatic carbocycles. The quantitative estimate of drug-likeness (QED) is 0.698. The van der Waals surface area contributed by atoms with E-state index in [1.807, 2.05) is 13.8 Å². The molecule has 1 aliphatic heterocycles. The molecule has 0 aromatic rings. The van der Waals surface area contributed by atoms with Crippen LogP contribution >= 0.6 is 7.60 Å². The van der Waals surface area contributed by atoms with Crippen molar-refractivity contribution in [1.82, 2.24) is 0 Å². The van der Waals surface area contributed by atoms with Crippen molar-refractivity contribution in [2.75, 3.05) is 19.4 Å². The molecule has 90 valence electrons. The van der Waals surface area contributed by atoms with Crippen molar-refractivity contribution in [1.29, 1.82) is 0 Å². The highest BCUT2D eigenvalue weighted by molar-refractivity contribution is 7.52. The fraction of sp³-hybridized carbons (Fsp3) is 1.00. The third-order valence-electron chi connectivity index (χ3n) is 2.21. The predicted molar refractivity (Wildman–Crippen MR) is 55.8 cm³/mol. The lowest BCUT2D eigenvalue weighted by molar-refractivity contribution is 0.00834. The van der Waals surface area contributed by atoms with Gasteiger partial charge in [-0.3, -0.25) is 4.57 Å². The summed E-state index contributed by atoms with van der Waals surface area (Å²) in [6.45, 7) is 4.18. The van der Waals surface area contributed by atoms with E-state index in [1.165, 1.54) is 0 Å². The lowest BCUT2D eigenvalue weighted by atomic mass is 10.2. The average molecular weight is 238 g/mol. The summed E-state index contributed by atoms with van der Waals surface area (Å²) >= 11 is 0. The molecule has 1 heterocycles. The lowest BCUT2D eigenvalue weighted by Crippen LogP contribution is -2.26. The first kappa shape index (κ1) is 13.1. The monoisotopic (exact) mass is 238 g/mol. The largest absolute Gasteiger partial charge is 0.390 e. The predicted octanol–water partition coefficient (Wildman–Crippen LogP) is 0.994. The summed E-state index contributed by atoms with van der Waals surface area (Å²) in [6.07, 6.45) is -0.342. The highest BCUT2D eigenvalue weighted by atomic mass is 31.2. The van der Waals surface area contributed by atoms with Crippen LogP contribution in [0.2, 0.25) is 0 Å². The Labute approximate surface area is 89.9 Å². The van der Waals surface area contributed by atoms with Gasteiger partial charge in [-0.2, -0.15) is 0 Å². The van der Waals surface area contributed by atoms with E-state index >= 15 is 0 Å². The van der Waals surface area contributed by atoms with Crippen LogP contribution in [-0.4, -0.2) is 41.6 Å². The molecule has 1 saturated heterocycles. The van der Waals surface area contributed by atoms with Crippen LogP contribution < -0.4 is 0 Å². The Balaban J connectivity index is 2.32. The van der Waals surface area contributed by atoms with Crippen molar-refractivity contribution in [2.45, 2.75) is 32.5 Å². The van der Waals surface area contributed by atoms with Gasteiger partial charge in [0.05, 0.1) is 18.9 Å². The van der Waals surface area contributed by atoms with Crippen LogP contribution in [0.25, 0.3) is 0 Å². The maximum atomic E-state index is 11.5. The summed E-state index contributed by atoms with van der Waals surface area (Å²) in [7, 11) is -3.52. The zero-order chi connectivity index (χ0) is 11.5. The summed E-state index contributed by atoms with van der Waals surface area (Å²) < 4.78 is 21.6. The fourth-order valence-electron chi connectivity index (χ4n) is 1.50. The molecule has 1 rings (SSSR count). The molecular weight excluding hydrogens is 219 g/mol. The van der Waals surface area contributed by atoms with Crippen LogP contribution in [0.4, 0.5) is 0 Å². The zero-order valence-corrected chi connectivity index (χ0v) is 10.0. The van der Waals surface area contributed by atoms with E-state index in [4.69, 9.17) is 9.26 Å². The van der Waals surface area contributed by atoms with Crippen LogP contribution in [-0.2, 0) is 13.8 Å². The number of aliphatic hydroxyl groups excluding tert-OH is 1. The van der Waals surface area contributed by atoms with Crippen molar-refractivity contribution < 1.29 is 23.8 Å². The van der Waals surface area contributed by atoms with E-state index in [0.717, 1.165) is 0 Å². The first-order valence-electron chi connectivity index (χ1n) is 5.17. The molecule has 0 spiro atoms. The number of aliphatic hydroxyl groups is 1. The van der Waals surface area contributed by atoms with Gasteiger partial charge in [0.1, 0.15) is 6.10 Å². The third kappa shape index (κ3) is 4.62. The Morgan fingerprint density at radius 1 is 1.60 bits per heavy atom. The molecule has 0 saturated carbocycles. The number of hydrogen-bond acceptors (Lipinski definition) is 4. The molecule has 0 bridgehead atoms. The van der Waals surface area contributed by atoms with Gasteiger partial charge in [-0.25, -0.2) is 0 Å². The maximum Gasteiger partial charge on any atom is 0.328 e. The van der Waals surface area contributed by atoms with Gasteiger partial charge >= 0.3 is 7.60 Å². The molecule has 6 heteroatoms. The van der Waals surface area contributed by atoms with Gasteiger partial charge in [0.2, 0.25) is 0 Å². The number of rotatable bonds is 5. The second-order valence-corrected chi connectivity index (χ2v) is 6.17. The SMILES string of the molecule is CC(C)CP(=O)(O)OCC1OCCC1O. The van der Waals surface area contributed by atoms with Crippen molar-refractivity contribution in [3.8, 4) is 0 Å². The zero-order valence-electron chi connectivity index (χ0n) is 9.13. The first-order valence-corrected chi connectivity index (χ1v) is 6.93. The minimum Gasteiger partial charge on any atom is -0.390 e. The van der Waals surface area contributed by atoms with E-state index < -0.39 is 19.8 Å². The van der Waals surface area contributed by atoms with Crippen molar-refractivity contribution in [3.05, 3.63) is 0 Å². The maximum absolute atomic E-state index is 11.5. The molecular formula is C9H19O5P. The molecule has 1 aliphatic rings. The van der Waals surface area contributed by atoms with E-state index in [1.54, 1.807) is 0 Å². The molecule has 3 unspecified atom stereocenters. The van der Waals surface area contributed by atoms with Crippen LogP contribution in [0, 0.1) is 5.92 Å². The van der Waals surface area contributed by atoms with Crippen LogP contribution in [0.5, 0.6) is 0 Å². The molecule has 0 aromatic heterocycles. The number of ether oxygens (including phenoxy) is 1. The Hall–Kier alpha value is 0.0700. The fourth-order valence-corrected chi connectivity index (χ4v) is 2.91. The van der Waals surface area contributed by atoms with E-state index in [0.29, 0.717) is 13.0 Å². The first-order chi connectivity index (χ1) is 6.91. The van der Waals surface area contributed by atoms with Crippen LogP contribution in [0.3, 0.4) is 0 Å². The van der Waals surface area contributed by atoms with E-state index in [9.17, 15) is 14.6 Å². The van der Waals surface area contributed by atoms with Gasteiger partial charge in [0.25, 0.3) is 0 Å². The van der Waals surface area contributed by atoms with Crippen LogP contribution in [0.15, 0.2) is 0 Å². The summed E-state index contributed by atoms with van der Waals surface area (Å²) in [6, 6.07) is 0. The summed E-state index contributed by atoms with van der Waals surface area (Å²) in [4.78, 5) is 9.43. The van der Waals surface area contributed by atoms with Gasteiger partial charge < -0.3 is 19.3 Å². The standard InChI is InChI=1S/C9H19O5P/c1-7(2)6-15(11,12)14-5-9-8(10)3-4-13-9/h7-10H,3-6H2,1-2H3,(H,11,12). The summed E-state index contributed by atoms with van der Waals surface area (Å²) in [5, 5.41) is 9.39. The highest BCUT2D eigenvalue weighted by Crippen LogP contribution is 2.44. The summed E-state index contributed by atoms with van der Waals surface area (Å²) in [5.41, 5.74) is 0. The Morgan fingerprint density at radius 2 is 2.27 bits per heavy atom. The average Bonchev–Trinajstić information content (AvgIpc) is 2.45. The molecule has 15 heavy (non-hydrogen) atoms. The minimum absolute atomic E-state index is 0.0122. The molecule has 5 nitrogen and oxygen atoms in total. The van der Waals surface area contributed by atoms with Crippen molar-refractivity contribution >= 4 is 7.60 Å². The van der Waals surface area contributed by atoms with E-state index in [2.05, 4.69) is 0 Å². The lowest BCUT2D eigenvalue weighted by Gasteiger charge is -2.18. The highest BCUT2D eigenvalue weighted by Gasteiger charge is 2.30. The molecule has 0 amide bonds. The second kappa shape index (κ2) is 5.41. The summed E-state index contributed by atoms with van der Waals surface area (Å²) in [5.74, 6) is 0.107. The topological polar surface area (TPSA) is 76.0 Å². The van der Waals surface area contributed by atoms with Gasteiger partial charge in [-0.05, 0) is 12.3 Å². The van der Waals surface area contributed by atoms with Gasteiger partial charge in [0.15, 0.2) is 0 Å². The van der Waals surface area contributed by atoms with Gasteiger partial charge in [-0.1, -0.05) is 13.8 Å². The van der Waals surface area contributed by atoms with E-state index in [-0.39, 0.29) is 18.7 Å². The van der Waals surface area contributed by atoms with Crippen molar-refractivity contribution in [2.24, 2.45) is 5.92 Å². The van der Waals surface area contributed by atoms with Gasteiger partial charge in [-0.15, -0.1) is 0 Å².